The van der Waals surface area contributed by atoms with Crippen molar-refractivity contribution in [2.75, 3.05) is 18.0 Å². The van der Waals surface area contributed by atoms with Crippen LogP contribution in [0.3, 0.4) is 0 Å². The highest BCUT2D eigenvalue weighted by Gasteiger charge is 2.29. The van der Waals surface area contributed by atoms with Crippen LogP contribution in [0, 0.1) is 13.8 Å². The van der Waals surface area contributed by atoms with Crippen LogP contribution in [0.1, 0.15) is 22.3 Å². The summed E-state index contributed by atoms with van der Waals surface area (Å²) in [6.07, 6.45) is 1.48. The zero-order valence-corrected chi connectivity index (χ0v) is 23.4. The van der Waals surface area contributed by atoms with Gasteiger partial charge in [-0.1, -0.05) is 54.1 Å². The molecule has 40 heavy (non-hydrogen) atoms. The highest BCUT2D eigenvalue weighted by atomic mass is 32.2. The number of aryl methyl sites for hydroxylation is 2. The van der Waals surface area contributed by atoms with Crippen molar-refractivity contribution < 1.29 is 22.7 Å². The van der Waals surface area contributed by atoms with Crippen LogP contribution >= 0.6 is 0 Å². The Kier molecular flexibility index (Phi) is 9.19. The number of rotatable bonds is 11. The number of anilines is 1. The molecule has 0 aliphatic carbocycles. The molecule has 0 radical (unpaired) electrons. The number of methoxy groups -OCH3 is 1. The summed E-state index contributed by atoms with van der Waals surface area (Å²) in [6, 6.07) is 28.5. The molecule has 1 amide bonds. The van der Waals surface area contributed by atoms with Crippen LogP contribution < -0.4 is 19.2 Å². The minimum Gasteiger partial charge on any atom is -0.495 e. The standard InChI is InChI=1S/C31H31N3O5S/c1-23-9-12-26(13-10-23)22-39-27-16-14-25(15-17-27)20-32-33-31(35)21-34(29-19-24(2)11-18-30(29)38-3)40(36,37)28-7-5-4-6-8-28/h4-20H,21-22H2,1-3H3,(H,33,35)/b32-20-. The first-order valence-corrected chi connectivity index (χ1v) is 14.0. The lowest BCUT2D eigenvalue weighted by Gasteiger charge is -2.25. The first-order valence-electron chi connectivity index (χ1n) is 12.6. The predicted octanol–water partition coefficient (Wildman–Crippen LogP) is 5.24. The van der Waals surface area contributed by atoms with E-state index in [0.717, 1.165) is 21.0 Å². The summed E-state index contributed by atoms with van der Waals surface area (Å²) in [4.78, 5) is 12.9. The molecule has 0 aliphatic heterocycles. The van der Waals surface area contributed by atoms with Gasteiger partial charge in [0, 0.05) is 0 Å². The van der Waals surface area contributed by atoms with Crippen molar-refractivity contribution >= 4 is 27.8 Å². The maximum Gasteiger partial charge on any atom is 0.264 e. The van der Waals surface area contributed by atoms with Gasteiger partial charge in [0.1, 0.15) is 24.7 Å². The molecule has 0 fully saturated rings. The van der Waals surface area contributed by atoms with E-state index in [2.05, 4.69) is 10.5 Å². The smallest absolute Gasteiger partial charge is 0.264 e. The second-order valence-corrected chi connectivity index (χ2v) is 11.0. The number of nitrogens with zero attached hydrogens (tertiary/aromatic N) is 2. The number of hydrogen-bond donors (Lipinski definition) is 1. The van der Waals surface area contributed by atoms with Gasteiger partial charge in [0.2, 0.25) is 0 Å². The van der Waals surface area contributed by atoms with Crippen molar-refractivity contribution in [1.29, 1.82) is 0 Å². The highest BCUT2D eigenvalue weighted by Crippen LogP contribution is 2.33. The van der Waals surface area contributed by atoms with E-state index in [1.807, 2.05) is 62.4 Å². The van der Waals surface area contributed by atoms with E-state index in [-0.39, 0.29) is 10.6 Å². The molecule has 0 saturated heterocycles. The lowest BCUT2D eigenvalue weighted by molar-refractivity contribution is -0.119. The molecule has 9 heteroatoms. The van der Waals surface area contributed by atoms with E-state index in [1.165, 1.54) is 31.0 Å². The number of sulfonamides is 1. The topological polar surface area (TPSA) is 97.3 Å². The fraction of sp³-hybridized carbons (Fsp3) is 0.161. The van der Waals surface area contributed by atoms with Gasteiger partial charge < -0.3 is 9.47 Å². The monoisotopic (exact) mass is 557 g/mol. The third-order valence-corrected chi connectivity index (χ3v) is 7.80. The SMILES string of the molecule is COc1ccc(C)cc1N(CC(=O)N/N=C\c1ccc(OCc2ccc(C)cc2)cc1)S(=O)(=O)c1ccccc1. The molecule has 0 aliphatic rings. The van der Waals surface area contributed by atoms with Gasteiger partial charge in [-0.2, -0.15) is 5.10 Å². The fourth-order valence-corrected chi connectivity index (χ4v) is 5.30. The summed E-state index contributed by atoms with van der Waals surface area (Å²) in [5.41, 5.74) is 6.50. The molecular weight excluding hydrogens is 526 g/mol. The molecule has 206 valence electrons. The van der Waals surface area contributed by atoms with Crippen LogP contribution in [0.2, 0.25) is 0 Å². The van der Waals surface area contributed by atoms with Gasteiger partial charge in [-0.25, -0.2) is 13.8 Å². The average molecular weight is 558 g/mol. The second-order valence-electron chi connectivity index (χ2n) is 9.14. The van der Waals surface area contributed by atoms with Gasteiger partial charge in [-0.05, 0) is 79.1 Å². The molecule has 0 aromatic heterocycles. The summed E-state index contributed by atoms with van der Waals surface area (Å²) < 4.78 is 39.4. The first-order chi connectivity index (χ1) is 19.3. The molecule has 0 spiro atoms. The maximum absolute atomic E-state index is 13.6. The number of benzene rings is 4. The zero-order valence-electron chi connectivity index (χ0n) is 22.6. The molecule has 0 bridgehead atoms. The molecule has 0 unspecified atom stereocenters. The quantitative estimate of drug-likeness (QED) is 0.201. The number of ether oxygens (including phenoxy) is 2. The number of hydrogen-bond acceptors (Lipinski definition) is 6. The molecule has 4 aromatic carbocycles. The van der Waals surface area contributed by atoms with Crippen molar-refractivity contribution in [1.82, 2.24) is 5.43 Å². The molecule has 0 heterocycles. The number of carbonyl (C=O) groups excluding carboxylic acids is 1. The zero-order chi connectivity index (χ0) is 28.5. The van der Waals surface area contributed by atoms with Gasteiger partial charge in [-0.15, -0.1) is 0 Å². The number of carbonyl (C=O) groups is 1. The number of amides is 1. The number of hydrazone groups is 1. The Bertz CT molecular complexity index is 1570. The lowest BCUT2D eigenvalue weighted by Crippen LogP contribution is -2.39. The van der Waals surface area contributed by atoms with Crippen LogP contribution in [0.15, 0.2) is 107 Å². The molecule has 1 N–H and O–H groups in total. The molecule has 0 saturated carbocycles. The van der Waals surface area contributed by atoms with E-state index >= 15 is 0 Å². The summed E-state index contributed by atoms with van der Waals surface area (Å²) in [5.74, 6) is 0.416. The Balaban J connectivity index is 1.44. The normalized spacial score (nSPS) is 11.3. The van der Waals surface area contributed by atoms with E-state index in [9.17, 15) is 13.2 Å². The molecular formula is C31H31N3O5S. The van der Waals surface area contributed by atoms with E-state index in [0.29, 0.717) is 18.1 Å². The van der Waals surface area contributed by atoms with Crippen LogP contribution in [-0.4, -0.2) is 34.2 Å². The minimum atomic E-state index is -4.08. The van der Waals surface area contributed by atoms with Gasteiger partial charge in [-0.3, -0.25) is 9.10 Å². The summed E-state index contributed by atoms with van der Waals surface area (Å²) in [6.45, 7) is 3.83. The van der Waals surface area contributed by atoms with Gasteiger partial charge in [0.25, 0.3) is 15.9 Å². The van der Waals surface area contributed by atoms with Crippen LogP contribution in [0.4, 0.5) is 5.69 Å². The Morgan fingerprint density at radius 1 is 0.900 bits per heavy atom. The minimum absolute atomic E-state index is 0.0551. The Labute approximate surface area is 234 Å². The number of nitrogens with one attached hydrogen (secondary N) is 1. The van der Waals surface area contributed by atoms with E-state index in [4.69, 9.17) is 9.47 Å². The van der Waals surface area contributed by atoms with Crippen LogP contribution in [0.25, 0.3) is 0 Å². The van der Waals surface area contributed by atoms with Crippen molar-refractivity contribution in [2.24, 2.45) is 5.10 Å². The van der Waals surface area contributed by atoms with Crippen molar-refractivity contribution in [3.63, 3.8) is 0 Å². The summed E-state index contributed by atoms with van der Waals surface area (Å²) >= 11 is 0. The predicted molar refractivity (Wildman–Crippen MR) is 156 cm³/mol. The van der Waals surface area contributed by atoms with E-state index in [1.54, 1.807) is 36.4 Å². The van der Waals surface area contributed by atoms with Crippen LogP contribution in [0.5, 0.6) is 11.5 Å². The first kappa shape index (κ1) is 28.4. The third kappa shape index (κ3) is 7.27. The third-order valence-electron chi connectivity index (χ3n) is 6.03. The summed E-state index contributed by atoms with van der Waals surface area (Å²) in [5, 5.41) is 4.02. The fourth-order valence-electron chi connectivity index (χ4n) is 3.86. The largest absolute Gasteiger partial charge is 0.495 e. The molecule has 8 nitrogen and oxygen atoms in total. The maximum atomic E-state index is 13.6. The Hall–Kier alpha value is -4.63. The van der Waals surface area contributed by atoms with Gasteiger partial charge in [0.15, 0.2) is 0 Å². The Morgan fingerprint density at radius 2 is 1.57 bits per heavy atom. The molecule has 4 rings (SSSR count). The summed E-state index contributed by atoms with van der Waals surface area (Å²) in [7, 11) is -2.63. The Morgan fingerprint density at radius 3 is 2.25 bits per heavy atom. The molecule has 0 atom stereocenters. The highest BCUT2D eigenvalue weighted by molar-refractivity contribution is 7.92. The van der Waals surface area contributed by atoms with Gasteiger partial charge in [0.05, 0.1) is 23.9 Å². The lowest BCUT2D eigenvalue weighted by atomic mass is 10.2. The van der Waals surface area contributed by atoms with Gasteiger partial charge >= 0.3 is 0 Å². The van der Waals surface area contributed by atoms with Crippen molar-refractivity contribution in [2.45, 2.75) is 25.3 Å². The van der Waals surface area contributed by atoms with Crippen molar-refractivity contribution in [3.05, 3.63) is 119 Å². The average Bonchev–Trinajstić information content (AvgIpc) is 2.96. The van der Waals surface area contributed by atoms with Crippen molar-refractivity contribution in [3.8, 4) is 11.5 Å². The second kappa shape index (κ2) is 12.9. The van der Waals surface area contributed by atoms with E-state index < -0.39 is 22.5 Å². The van der Waals surface area contributed by atoms with Crippen LogP contribution in [-0.2, 0) is 21.4 Å². The molecule has 4 aromatic rings.